The van der Waals surface area contributed by atoms with E-state index in [1.54, 1.807) is 11.8 Å². The van der Waals surface area contributed by atoms with E-state index < -0.39 is 26.6 Å². The Morgan fingerprint density at radius 1 is 1.12 bits per heavy atom. The normalized spacial score (nSPS) is 19.6. The molecule has 0 saturated carbocycles. The van der Waals surface area contributed by atoms with E-state index in [1.807, 2.05) is 25.1 Å². The average molecular weight is 383 g/mol. The van der Waals surface area contributed by atoms with Crippen molar-refractivity contribution in [2.24, 2.45) is 0 Å². The van der Waals surface area contributed by atoms with Gasteiger partial charge in [-0.2, -0.15) is 16.1 Å². The van der Waals surface area contributed by atoms with Crippen LogP contribution in [0.25, 0.3) is 0 Å². The quantitative estimate of drug-likeness (QED) is 0.799. The van der Waals surface area contributed by atoms with Gasteiger partial charge in [-0.1, -0.05) is 24.3 Å². The highest BCUT2D eigenvalue weighted by Gasteiger charge is 2.30. The molecule has 0 radical (unpaired) electrons. The first kappa shape index (κ1) is 18.4. The minimum atomic E-state index is -3.97. The van der Waals surface area contributed by atoms with Crippen LogP contribution in [0.1, 0.15) is 22.8 Å². The van der Waals surface area contributed by atoms with E-state index in [4.69, 9.17) is 0 Å². The van der Waals surface area contributed by atoms with Crippen molar-refractivity contribution < 1.29 is 17.2 Å². The molecule has 0 bridgehead atoms. The van der Waals surface area contributed by atoms with Crippen LogP contribution in [0.2, 0.25) is 0 Å². The van der Waals surface area contributed by atoms with Crippen molar-refractivity contribution in [3.8, 4) is 0 Å². The molecule has 2 aromatic rings. The topological polar surface area (TPSA) is 37.4 Å². The van der Waals surface area contributed by atoms with E-state index in [0.717, 1.165) is 12.1 Å². The van der Waals surface area contributed by atoms with E-state index in [9.17, 15) is 17.2 Å². The van der Waals surface area contributed by atoms with E-state index in [0.29, 0.717) is 31.3 Å². The van der Waals surface area contributed by atoms with Crippen LogP contribution in [0.15, 0.2) is 47.4 Å². The summed E-state index contributed by atoms with van der Waals surface area (Å²) in [4.78, 5) is -0.465. The fraction of sp³-hybridized carbons (Fsp3) is 0.333. The Bertz CT molecular complexity index is 871. The highest BCUT2D eigenvalue weighted by atomic mass is 32.2. The van der Waals surface area contributed by atoms with Crippen LogP contribution in [0.3, 0.4) is 0 Å². The van der Waals surface area contributed by atoms with Crippen LogP contribution in [0.5, 0.6) is 0 Å². The molecule has 7 heteroatoms. The Morgan fingerprint density at radius 2 is 1.88 bits per heavy atom. The maximum atomic E-state index is 13.9. The van der Waals surface area contributed by atoms with Gasteiger partial charge >= 0.3 is 0 Å². The predicted octanol–water partition coefficient (Wildman–Crippen LogP) is 4.14. The Balaban J connectivity index is 1.82. The number of nitrogens with zero attached hydrogens (tertiary/aromatic N) is 1. The number of halogens is 2. The van der Waals surface area contributed by atoms with Gasteiger partial charge < -0.3 is 0 Å². The first-order valence-electron chi connectivity index (χ1n) is 8.02. The number of hydrogen-bond donors (Lipinski definition) is 0. The molecule has 1 fully saturated rings. The van der Waals surface area contributed by atoms with Crippen molar-refractivity contribution in [1.29, 1.82) is 0 Å². The molecule has 1 aliphatic rings. The second-order valence-corrected chi connectivity index (χ2v) is 9.20. The van der Waals surface area contributed by atoms with Gasteiger partial charge in [0.15, 0.2) is 0 Å². The van der Waals surface area contributed by atoms with E-state index in [2.05, 4.69) is 6.07 Å². The molecule has 1 atom stereocenters. The minimum absolute atomic E-state index is 0.208. The van der Waals surface area contributed by atoms with E-state index in [1.165, 1.54) is 15.4 Å². The van der Waals surface area contributed by atoms with Gasteiger partial charge in [-0.15, -0.1) is 0 Å². The summed E-state index contributed by atoms with van der Waals surface area (Å²) >= 11 is 1.71. The van der Waals surface area contributed by atoms with Crippen molar-refractivity contribution >= 4 is 21.8 Å². The molecular weight excluding hydrogens is 364 g/mol. The van der Waals surface area contributed by atoms with Crippen LogP contribution in [0.4, 0.5) is 8.78 Å². The highest BCUT2D eigenvalue weighted by molar-refractivity contribution is 7.99. The lowest BCUT2D eigenvalue weighted by molar-refractivity contribution is 0.423. The standard InChI is InChI=1S/C18H19F2NO2S2/c1-13-4-2-3-5-15(13)17-8-9-21(10-11-24-17)25(22,23)18-7-6-14(19)12-16(18)20/h2-7,12,17H,8-11H2,1H3. The third-order valence-corrected chi connectivity index (χ3v) is 7.59. The maximum absolute atomic E-state index is 13.9. The van der Waals surface area contributed by atoms with Gasteiger partial charge in [0.25, 0.3) is 0 Å². The van der Waals surface area contributed by atoms with Gasteiger partial charge in [0.1, 0.15) is 16.5 Å². The van der Waals surface area contributed by atoms with Gasteiger partial charge in [-0.3, -0.25) is 0 Å². The zero-order valence-electron chi connectivity index (χ0n) is 13.8. The average Bonchev–Trinajstić information content (AvgIpc) is 2.81. The summed E-state index contributed by atoms with van der Waals surface area (Å²) < 4.78 is 53.8. The zero-order valence-corrected chi connectivity index (χ0v) is 15.4. The first-order valence-corrected chi connectivity index (χ1v) is 10.5. The smallest absolute Gasteiger partial charge is 0.207 e. The van der Waals surface area contributed by atoms with Crippen LogP contribution in [0, 0.1) is 18.6 Å². The Hall–Kier alpha value is -1.44. The lowest BCUT2D eigenvalue weighted by Crippen LogP contribution is -2.33. The highest BCUT2D eigenvalue weighted by Crippen LogP contribution is 2.37. The van der Waals surface area contributed by atoms with Gasteiger partial charge in [-0.05, 0) is 36.6 Å². The van der Waals surface area contributed by atoms with Gasteiger partial charge in [0, 0.05) is 30.2 Å². The van der Waals surface area contributed by atoms with E-state index >= 15 is 0 Å². The molecule has 1 saturated heterocycles. The van der Waals surface area contributed by atoms with Crippen molar-refractivity contribution in [3.05, 3.63) is 65.2 Å². The fourth-order valence-corrected chi connectivity index (χ4v) is 5.95. The summed E-state index contributed by atoms with van der Waals surface area (Å²) in [6.07, 6.45) is 0.650. The van der Waals surface area contributed by atoms with Crippen LogP contribution in [-0.4, -0.2) is 31.6 Å². The SMILES string of the molecule is Cc1ccccc1C1CCN(S(=O)(=O)c2ccc(F)cc2F)CCS1. The molecule has 1 heterocycles. The van der Waals surface area contributed by atoms with E-state index in [-0.39, 0.29) is 5.25 Å². The Morgan fingerprint density at radius 3 is 2.60 bits per heavy atom. The molecule has 0 aliphatic carbocycles. The molecule has 25 heavy (non-hydrogen) atoms. The number of hydrogen-bond acceptors (Lipinski definition) is 3. The van der Waals surface area contributed by atoms with Crippen LogP contribution >= 0.6 is 11.8 Å². The summed E-state index contributed by atoms with van der Waals surface area (Å²) in [5, 5.41) is 0.208. The third-order valence-electron chi connectivity index (χ3n) is 4.35. The molecule has 3 nitrogen and oxygen atoms in total. The molecule has 2 aromatic carbocycles. The first-order chi connectivity index (χ1) is 11.9. The minimum Gasteiger partial charge on any atom is -0.207 e. The molecule has 0 spiro atoms. The van der Waals surface area contributed by atoms with Crippen LogP contribution < -0.4 is 0 Å². The number of rotatable bonds is 3. The molecular formula is C18H19F2NO2S2. The molecule has 3 rings (SSSR count). The summed E-state index contributed by atoms with van der Waals surface area (Å²) in [5.41, 5.74) is 2.39. The third kappa shape index (κ3) is 3.88. The predicted molar refractivity (Wildman–Crippen MR) is 96.1 cm³/mol. The molecule has 0 amide bonds. The fourth-order valence-electron chi connectivity index (χ4n) is 3.01. The summed E-state index contributed by atoms with van der Waals surface area (Å²) in [6, 6.07) is 10.6. The Labute approximate surface area is 151 Å². The lowest BCUT2D eigenvalue weighted by atomic mass is 10.0. The summed E-state index contributed by atoms with van der Waals surface area (Å²) in [5.74, 6) is -1.21. The largest absolute Gasteiger partial charge is 0.246 e. The Kier molecular flexibility index (Phi) is 5.46. The maximum Gasteiger partial charge on any atom is 0.246 e. The van der Waals surface area contributed by atoms with Crippen LogP contribution in [-0.2, 0) is 10.0 Å². The summed E-state index contributed by atoms with van der Waals surface area (Å²) in [7, 11) is -3.97. The lowest BCUT2D eigenvalue weighted by Gasteiger charge is -2.20. The monoisotopic (exact) mass is 383 g/mol. The van der Waals surface area contributed by atoms with Gasteiger partial charge in [0.2, 0.25) is 10.0 Å². The molecule has 1 unspecified atom stereocenters. The van der Waals surface area contributed by atoms with Crippen molar-refractivity contribution in [2.75, 3.05) is 18.8 Å². The molecule has 0 N–H and O–H groups in total. The number of benzene rings is 2. The number of thioether (sulfide) groups is 1. The molecule has 1 aliphatic heterocycles. The molecule has 134 valence electrons. The van der Waals surface area contributed by atoms with Crippen molar-refractivity contribution in [1.82, 2.24) is 4.31 Å². The zero-order chi connectivity index (χ0) is 18.0. The van der Waals surface area contributed by atoms with Gasteiger partial charge in [0.05, 0.1) is 0 Å². The van der Waals surface area contributed by atoms with Gasteiger partial charge in [-0.25, -0.2) is 17.2 Å². The second-order valence-electron chi connectivity index (χ2n) is 5.98. The van der Waals surface area contributed by atoms with Crippen molar-refractivity contribution in [2.45, 2.75) is 23.5 Å². The summed E-state index contributed by atoms with van der Waals surface area (Å²) in [6.45, 7) is 2.67. The second kappa shape index (κ2) is 7.43. The molecule has 0 aromatic heterocycles. The van der Waals surface area contributed by atoms with Crippen molar-refractivity contribution in [3.63, 3.8) is 0 Å². The number of sulfonamides is 1. The number of aryl methyl sites for hydroxylation is 1.